The molecule has 0 radical (unpaired) electrons. The van der Waals surface area contributed by atoms with E-state index in [9.17, 15) is 0 Å². The van der Waals surface area contributed by atoms with Gasteiger partial charge in [0.15, 0.2) is 0 Å². The van der Waals surface area contributed by atoms with Crippen LogP contribution in [-0.2, 0) is 9.47 Å². The summed E-state index contributed by atoms with van der Waals surface area (Å²) in [5, 5.41) is 3.43. The average molecular weight is 253 g/mol. The van der Waals surface area contributed by atoms with E-state index in [2.05, 4.69) is 24.4 Å². The molecule has 0 aliphatic rings. The second kappa shape index (κ2) is 8.08. The van der Waals surface area contributed by atoms with Gasteiger partial charge in [-0.25, -0.2) is 0 Å². The highest BCUT2D eigenvalue weighted by Gasteiger charge is 2.10. The molecule has 0 bridgehead atoms. The molecule has 0 fully saturated rings. The molecular weight excluding hydrogens is 230 g/mol. The highest BCUT2D eigenvalue weighted by atomic mass is 16.5. The quantitative estimate of drug-likeness (QED) is 0.769. The van der Waals surface area contributed by atoms with Crippen LogP contribution in [0.25, 0.3) is 0 Å². The molecule has 0 amide bonds. The summed E-state index contributed by atoms with van der Waals surface area (Å²) in [7, 11) is 5.05. The van der Waals surface area contributed by atoms with E-state index in [-0.39, 0.29) is 12.1 Å². The van der Waals surface area contributed by atoms with E-state index in [0.29, 0.717) is 6.61 Å². The minimum absolute atomic E-state index is 0.0794. The summed E-state index contributed by atoms with van der Waals surface area (Å²) in [4.78, 5) is 0. The molecule has 1 aromatic carbocycles. The molecule has 102 valence electrons. The molecule has 0 aromatic heterocycles. The van der Waals surface area contributed by atoms with E-state index in [0.717, 1.165) is 12.3 Å². The van der Waals surface area contributed by atoms with Crippen molar-refractivity contribution in [2.24, 2.45) is 0 Å². The Morgan fingerprint density at radius 3 is 2.28 bits per heavy atom. The first-order chi connectivity index (χ1) is 8.71. The smallest absolute Gasteiger partial charge is 0.118 e. The summed E-state index contributed by atoms with van der Waals surface area (Å²) in [6, 6.07) is 8.33. The topological polar surface area (TPSA) is 39.7 Å². The van der Waals surface area contributed by atoms with Crippen LogP contribution >= 0.6 is 0 Å². The third kappa shape index (κ3) is 4.64. The molecule has 2 unspecified atom stereocenters. The van der Waals surface area contributed by atoms with Crippen LogP contribution in [0.4, 0.5) is 0 Å². The fourth-order valence-electron chi connectivity index (χ4n) is 1.71. The van der Waals surface area contributed by atoms with Crippen molar-refractivity contribution in [1.82, 2.24) is 5.32 Å². The predicted molar refractivity (Wildman–Crippen MR) is 72.1 cm³/mol. The predicted octanol–water partition coefficient (Wildman–Crippen LogP) is 2.01. The van der Waals surface area contributed by atoms with Crippen LogP contribution in [0.1, 0.15) is 18.5 Å². The molecule has 0 spiro atoms. The number of hydrogen-bond donors (Lipinski definition) is 1. The molecular formula is C14H23NO3. The molecule has 1 N–H and O–H groups in total. The Kier molecular flexibility index (Phi) is 6.72. The van der Waals surface area contributed by atoms with Gasteiger partial charge in [0, 0.05) is 26.8 Å². The summed E-state index contributed by atoms with van der Waals surface area (Å²) >= 11 is 0. The first-order valence-electron chi connectivity index (χ1n) is 6.10. The Hall–Kier alpha value is -1.10. The summed E-state index contributed by atoms with van der Waals surface area (Å²) in [5.74, 6) is 0.875. The summed E-state index contributed by atoms with van der Waals surface area (Å²) < 4.78 is 15.5. The molecule has 0 saturated heterocycles. The van der Waals surface area contributed by atoms with Crippen LogP contribution in [0.2, 0.25) is 0 Å². The van der Waals surface area contributed by atoms with Crippen molar-refractivity contribution in [3.8, 4) is 5.75 Å². The molecule has 0 aliphatic heterocycles. The van der Waals surface area contributed by atoms with E-state index >= 15 is 0 Å². The second-order valence-corrected chi connectivity index (χ2v) is 4.22. The van der Waals surface area contributed by atoms with Crippen LogP contribution in [0.5, 0.6) is 5.75 Å². The maximum Gasteiger partial charge on any atom is 0.118 e. The number of rotatable bonds is 8. The van der Waals surface area contributed by atoms with Crippen LogP contribution in [0.3, 0.4) is 0 Å². The van der Waals surface area contributed by atoms with E-state index in [1.807, 2.05) is 12.1 Å². The Morgan fingerprint density at radius 1 is 1.11 bits per heavy atom. The lowest BCUT2D eigenvalue weighted by atomic mass is 10.1. The molecule has 1 rings (SSSR count). The van der Waals surface area contributed by atoms with Gasteiger partial charge in [0.2, 0.25) is 0 Å². The summed E-state index contributed by atoms with van der Waals surface area (Å²) in [5.41, 5.74) is 1.23. The van der Waals surface area contributed by atoms with Crippen molar-refractivity contribution < 1.29 is 14.2 Å². The molecule has 0 aliphatic carbocycles. The fraction of sp³-hybridized carbons (Fsp3) is 0.571. The lowest BCUT2D eigenvalue weighted by Crippen LogP contribution is -2.33. The fourth-order valence-corrected chi connectivity index (χ4v) is 1.71. The van der Waals surface area contributed by atoms with Gasteiger partial charge in [-0.1, -0.05) is 12.1 Å². The van der Waals surface area contributed by atoms with Gasteiger partial charge < -0.3 is 19.5 Å². The van der Waals surface area contributed by atoms with Gasteiger partial charge in [0.25, 0.3) is 0 Å². The van der Waals surface area contributed by atoms with Gasteiger partial charge >= 0.3 is 0 Å². The highest BCUT2D eigenvalue weighted by molar-refractivity contribution is 5.28. The monoisotopic (exact) mass is 253 g/mol. The van der Waals surface area contributed by atoms with Crippen molar-refractivity contribution in [1.29, 1.82) is 0 Å². The van der Waals surface area contributed by atoms with Crippen molar-refractivity contribution in [3.63, 3.8) is 0 Å². The second-order valence-electron chi connectivity index (χ2n) is 4.22. The van der Waals surface area contributed by atoms with Gasteiger partial charge in [-0.2, -0.15) is 0 Å². The minimum Gasteiger partial charge on any atom is -0.497 e. The molecule has 0 saturated carbocycles. The van der Waals surface area contributed by atoms with Crippen LogP contribution in [0.15, 0.2) is 24.3 Å². The zero-order chi connectivity index (χ0) is 13.4. The molecule has 2 atom stereocenters. The largest absolute Gasteiger partial charge is 0.497 e. The van der Waals surface area contributed by atoms with Crippen molar-refractivity contribution in [2.45, 2.75) is 19.1 Å². The van der Waals surface area contributed by atoms with Crippen LogP contribution < -0.4 is 10.1 Å². The zero-order valence-corrected chi connectivity index (χ0v) is 11.6. The van der Waals surface area contributed by atoms with E-state index in [4.69, 9.17) is 14.2 Å². The Balaban J connectivity index is 2.45. The maximum atomic E-state index is 5.31. The third-order valence-electron chi connectivity index (χ3n) is 2.95. The van der Waals surface area contributed by atoms with Crippen molar-refractivity contribution in [3.05, 3.63) is 29.8 Å². The lowest BCUT2D eigenvalue weighted by molar-refractivity contribution is 0.0276. The van der Waals surface area contributed by atoms with Gasteiger partial charge in [-0.15, -0.1) is 0 Å². The summed E-state index contributed by atoms with van der Waals surface area (Å²) in [6.45, 7) is 3.48. The first kappa shape index (κ1) is 15.0. The standard InChI is InChI=1S/C14H23NO3/c1-11(15-9-14(18-4)10-16-2)12-5-7-13(17-3)8-6-12/h5-8,11,14-15H,9-10H2,1-4H3. The van der Waals surface area contributed by atoms with Gasteiger partial charge in [0.05, 0.1) is 19.8 Å². The zero-order valence-electron chi connectivity index (χ0n) is 11.6. The minimum atomic E-state index is 0.0794. The lowest BCUT2D eigenvalue weighted by Gasteiger charge is -2.19. The Morgan fingerprint density at radius 2 is 1.78 bits per heavy atom. The SMILES string of the molecule is COCC(CNC(C)c1ccc(OC)cc1)OC. The molecule has 1 aromatic rings. The number of methoxy groups -OCH3 is 3. The average Bonchev–Trinajstić information content (AvgIpc) is 2.43. The van der Waals surface area contributed by atoms with Crippen LogP contribution in [0, 0.1) is 0 Å². The third-order valence-corrected chi connectivity index (χ3v) is 2.95. The normalized spacial score (nSPS) is 14.2. The Bertz CT molecular complexity index is 326. The highest BCUT2D eigenvalue weighted by Crippen LogP contribution is 2.17. The van der Waals surface area contributed by atoms with Gasteiger partial charge in [-0.3, -0.25) is 0 Å². The van der Waals surface area contributed by atoms with E-state index < -0.39 is 0 Å². The van der Waals surface area contributed by atoms with E-state index in [1.165, 1.54) is 5.56 Å². The molecule has 18 heavy (non-hydrogen) atoms. The number of benzene rings is 1. The number of hydrogen-bond acceptors (Lipinski definition) is 4. The van der Waals surface area contributed by atoms with Crippen molar-refractivity contribution in [2.75, 3.05) is 34.5 Å². The number of ether oxygens (including phenoxy) is 3. The molecule has 4 heteroatoms. The van der Waals surface area contributed by atoms with Gasteiger partial charge in [0.1, 0.15) is 5.75 Å². The van der Waals surface area contributed by atoms with E-state index in [1.54, 1.807) is 21.3 Å². The summed E-state index contributed by atoms with van der Waals surface area (Å²) in [6.07, 6.45) is 0.0794. The number of nitrogens with one attached hydrogen (secondary N) is 1. The Labute approximate surface area is 109 Å². The van der Waals surface area contributed by atoms with Crippen LogP contribution in [-0.4, -0.2) is 40.6 Å². The van der Waals surface area contributed by atoms with Gasteiger partial charge in [-0.05, 0) is 24.6 Å². The first-order valence-corrected chi connectivity index (χ1v) is 6.10. The maximum absolute atomic E-state index is 5.31. The molecule has 0 heterocycles. The van der Waals surface area contributed by atoms with Crippen molar-refractivity contribution >= 4 is 0 Å². The molecule has 4 nitrogen and oxygen atoms in total.